The summed E-state index contributed by atoms with van der Waals surface area (Å²) in [5, 5.41) is 0. The molecule has 1 atom stereocenters. The van der Waals surface area contributed by atoms with Gasteiger partial charge in [-0.25, -0.2) is 19.3 Å². The van der Waals surface area contributed by atoms with E-state index in [1.54, 1.807) is 12.1 Å². The molecule has 96 valence electrons. The van der Waals surface area contributed by atoms with E-state index in [1.807, 2.05) is 6.92 Å². The molecule has 3 N–H and O–H groups in total. The maximum Gasteiger partial charge on any atom is 0.240 e. The minimum Gasteiger partial charge on any atom is -0.345 e. The normalized spacial score (nSPS) is 13.4. The lowest BCUT2D eigenvalue weighted by Gasteiger charge is -2.13. The van der Waals surface area contributed by atoms with Crippen molar-refractivity contribution in [3.05, 3.63) is 48.0 Å². The predicted octanol–water partition coefficient (Wildman–Crippen LogP) is 1.08. The van der Waals surface area contributed by atoms with Crippen LogP contribution < -0.4 is 5.90 Å². The summed E-state index contributed by atoms with van der Waals surface area (Å²) in [4.78, 5) is 11.2. The number of hydrogen-bond acceptors (Lipinski definition) is 5. The topological polar surface area (TPSA) is 98.1 Å². The number of rotatable bonds is 4. The maximum atomic E-state index is 12.3. The van der Waals surface area contributed by atoms with Gasteiger partial charge in [0.1, 0.15) is 0 Å². The first-order valence-corrected chi connectivity index (χ1v) is 6.75. The highest BCUT2D eigenvalue weighted by Crippen LogP contribution is 2.26. The minimum atomic E-state index is -3.73. The Morgan fingerprint density at radius 3 is 2.50 bits per heavy atom. The summed E-state index contributed by atoms with van der Waals surface area (Å²) < 4.78 is 24.6. The van der Waals surface area contributed by atoms with Gasteiger partial charge >= 0.3 is 0 Å². The zero-order valence-corrected chi connectivity index (χ0v) is 10.5. The first-order valence-electron chi connectivity index (χ1n) is 5.21. The third kappa shape index (κ3) is 2.28. The molecule has 0 aliphatic carbocycles. The van der Waals surface area contributed by atoms with Gasteiger partial charge in [0.15, 0.2) is 5.82 Å². The summed E-state index contributed by atoms with van der Waals surface area (Å²) >= 11 is 0. The first kappa shape index (κ1) is 12.7. The Balaban J connectivity index is 2.44. The van der Waals surface area contributed by atoms with Crippen LogP contribution in [0, 0.1) is 6.92 Å². The van der Waals surface area contributed by atoms with Crippen LogP contribution in [-0.2, 0) is 14.7 Å². The van der Waals surface area contributed by atoms with Crippen molar-refractivity contribution in [2.45, 2.75) is 17.3 Å². The van der Waals surface area contributed by atoms with Gasteiger partial charge in [0.2, 0.25) is 15.3 Å². The molecule has 0 saturated carbocycles. The van der Waals surface area contributed by atoms with Crippen LogP contribution >= 0.6 is 0 Å². The summed E-state index contributed by atoms with van der Waals surface area (Å²) in [6, 6.07) is 6.45. The quantitative estimate of drug-likeness (QED) is 0.808. The fraction of sp³-hybridized carbons (Fsp3) is 0.182. The molecule has 18 heavy (non-hydrogen) atoms. The van der Waals surface area contributed by atoms with Crippen LogP contribution in [0.5, 0.6) is 0 Å². The molecular weight excluding hydrogens is 254 g/mol. The molecule has 1 aromatic carbocycles. The van der Waals surface area contributed by atoms with Crippen molar-refractivity contribution in [3.63, 3.8) is 0 Å². The molecule has 0 aliphatic rings. The number of sulfone groups is 1. The molecule has 1 unspecified atom stereocenters. The van der Waals surface area contributed by atoms with Crippen molar-refractivity contribution < 1.29 is 13.3 Å². The highest BCUT2D eigenvalue weighted by molar-refractivity contribution is 7.91. The van der Waals surface area contributed by atoms with E-state index >= 15 is 0 Å². The van der Waals surface area contributed by atoms with Gasteiger partial charge < -0.3 is 4.98 Å². The van der Waals surface area contributed by atoms with Gasteiger partial charge in [0.25, 0.3) is 0 Å². The number of imidazole rings is 1. The van der Waals surface area contributed by atoms with Crippen molar-refractivity contribution in [2.75, 3.05) is 0 Å². The van der Waals surface area contributed by atoms with Crippen LogP contribution in [0.2, 0.25) is 0 Å². The number of nitrogens with two attached hydrogens (primary N) is 1. The lowest BCUT2D eigenvalue weighted by Crippen LogP contribution is -2.21. The number of aryl methyl sites for hydroxylation is 1. The Labute approximate surface area is 105 Å². The van der Waals surface area contributed by atoms with Gasteiger partial charge in [0, 0.05) is 12.4 Å². The smallest absolute Gasteiger partial charge is 0.240 e. The molecule has 2 rings (SSSR count). The van der Waals surface area contributed by atoms with Crippen LogP contribution in [0.25, 0.3) is 0 Å². The second-order valence-electron chi connectivity index (χ2n) is 3.80. The highest BCUT2D eigenvalue weighted by atomic mass is 32.2. The third-order valence-corrected chi connectivity index (χ3v) is 4.32. The van der Waals surface area contributed by atoms with E-state index in [9.17, 15) is 8.42 Å². The zero-order chi connectivity index (χ0) is 13.2. The second-order valence-corrected chi connectivity index (χ2v) is 5.79. The van der Waals surface area contributed by atoms with E-state index in [2.05, 4.69) is 14.8 Å². The molecule has 6 nitrogen and oxygen atoms in total. The van der Waals surface area contributed by atoms with Gasteiger partial charge in [0.05, 0.1) is 4.90 Å². The van der Waals surface area contributed by atoms with Crippen molar-refractivity contribution in [1.29, 1.82) is 0 Å². The maximum absolute atomic E-state index is 12.3. The van der Waals surface area contributed by atoms with Crippen molar-refractivity contribution in [3.8, 4) is 0 Å². The van der Waals surface area contributed by atoms with Gasteiger partial charge in [-0.15, -0.1) is 0 Å². The second kappa shape index (κ2) is 4.89. The molecule has 1 aromatic heterocycles. The predicted molar refractivity (Wildman–Crippen MR) is 65.0 cm³/mol. The van der Waals surface area contributed by atoms with Crippen molar-refractivity contribution >= 4 is 9.84 Å². The molecule has 7 heteroatoms. The number of benzene rings is 1. The van der Waals surface area contributed by atoms with Crippen LogP contribution in [-0.4, -0.2) is 18.4 Å². The van der Waals surface area contributed by atoms with E-state index < -0.39 is 15.3 Å². The summed E-state index contributed by atoms with van der Waals surface area (Å²) in [5.74, 6) is 5.23. The van der Waals surface area contributed by atoms with Crippen LogP contribution in [0.4, 0.5) is 0 Å². The van der Waals surface area contributed by atoms with Gasteiger partial charge in [-0.1, -0.05) is 17.7 Å². The first-order chi connectivity index (χ1) is 8.55. The van der Waals surface area contributed by atoms with Crippen LogP contribution in [0.1, 0.15) is 16.8 Å². The molecule has 0 radical (unpaired) electrons. The van der Waals surface area contributed by atoms with Gasteiger partial charge in [-0.3, -0.25) is 4.84 Å². The largest absolute Gasteiger partial charge is 0.345 e. The zero-order valence-electron chi connectivity index (χ0n) is 9.70. The monoisotopic (exact) mass is 267 g/mol. The number of H-pyrrole nitrogens is 1. The standard InChI is InChI=1S/C11H13N3O3S/c1-8-2-4-9(5-3-8)18(15,16)11(17-12)10-13-6-7-14-10/h2-7,11H,12H2,1H3,(H,13,14). The average Bonchev–Trinajstić information content (AvgIpc) is 2.84. The molecular formula is C11H13N3O3S. The van der Waals surface area contributed by atoms with E-state index in [0.717, 1.165) is 5.56 Å². The number of nitrogens with zero attached hydrogens (tertiary/aromatic N) is 1. The lowest BCUT2D eigenvalue weighted by molar-refractivity contribution is 0.103. The van der Waals surface area contributed by atoms with E-state index in [0.29, 0.717) is 0 Å². The number of nitrogens with one attached hydrogen (secondary N) is 1. The van der Waals surface area contributed by atoms with E-state index in [1.165, 1.54) is 24.5 Å². The molecule has 0 spiro atoms. The van der Waals surface area contributed by atoms with Crippen LogP contribution in [0.15, 0.2) is 41.6 Å². The van der Waals surface area contributed by atoms with Gasteiger partial charge in [-0.2, -0.15) is 0 Å². The molecule has 0 amide bonds. The summed E-state index contributed by atoms with van der Waals surface area (Å²) in [7, 11) is -3.73. The Bertz CT molecular complexity index is 605. The molecule has 0 bridgehead atoms. The van der Waals surface area contributed by atoms with E-state index in [-0.39, 0.29) is 10.7 Å². The molecule has 1 heterocycles. The van der Waals surface area contributed by atoms with E-state index in [4.69, 9.17) is 5.90 Å². The van der Waals surface area contributed by atoms with Gasteiger partial charge in [-0.05, 0) is 19.1 Å². The molecule has 0 aliphatic heterocycles. The molecule has 0 saturated heterocycles. The van der Waals surface area contributed by atoms with Crippen LogP contribution in [0.3, 0.4) is 0 Å². The summed E-state index contributed by atoms with van der Waals surface area (Å²) in [5.41, 5.74) is -0.368. The number of aromatic nitrogens is 2. The fourth-order valence-electron chi connectivity index (χ4n) is 1.54. The SMILES string of the molecule is Cc1ccc(S(=O)(=O)C(ON)c2ncc[nH]2)cc1. The minimum absolute atomic E-state index is 0.139. The lowest BCUT2D eigenvalue weighted by atomic mass is 10.2. The van der Waals surface area contributed by atoms with Crippen molar-refractivity contribution in [1.82, 2.24) is 9.97 Å². The summed E-state index contributed by atoms with van der Waals surface area (Å²) in [6.07, 6.45) is 2.94. The Kier molecular flexibility index (Phi) is 3.46. The Morgan fingerprint density at radius 2 is 2.00 bits per heavy atom. The average molecular weight is 267 g/mol. The number of hydrogen-bond donors (Lipinski definition) is 2. The number of aromatic amines is 1. The molecule has 0 fully saturated rings. The Morgan fingerprint density at radius 1 is 1.33 bits per heavy atom. The molecule has 2 aromatic rings. The fourth-order valence-corrected chi connectivity index (χ4v) is 2.87. The third-order valence-electron chi connectivity index (χ3n) is 2.50. The Hall–Kier alpha value is -1.70. The van der Waals surface area contributed by atoms with Crippen molar-refractivity contribution in [2.24, 2.45) is 5.90 Å². The summed E-state index contributed by atoms with van der Waals surface area (Å²) in [6.45, 7) is 1.87. The highest BCUT2D eigenvalue weighted by Gasteiger charge is 2.31.